The zero-order valence-electron chi connectivity index (χ0n) is 9.29. The minimum Gasteiger partial charge on any atom is -1.00 e. The largest absolute Gasteiger partial charge is 1.00 e. The summed E-state index contributed by atoms with van der Waals surface area (Å²) in [4.78, 5) is 4.02. The minimum atomic E-state index is 0. The van der Waals surface area contributed by atoms with Crippen LogP contribution in [0.3, 0.4) is 0 Å². The summed E-state index contributed by atoms with van der Waals surface area (Å²) in [6.45, 7) is 4.39. The van der Waals surface area contributed by atoms with E-state index in [0.717, 1.165) is 17.6 Å². The number of likely N-dealkylation sites (tertiary alicyclic amines) is 1. The first kappa shape index (κ1) is 18.1. The zero-order valence-corrected chi connectivity index (χ0v) is 13.8. The SMILES string of the molecule is C[N+]1(CCN=C(N)N)CCCCC1.I.[I-]. The number of rotatable bonds is 3. The van der Waals surface area contributed by atoms with E-state index in [2.05, 4.69) is 12.0 Å². The van der Waals surface area contributed by atoms with Crippen molar-refractivity contribution in [1.82, 2.24) is 0 Å². The molecule has 0 saturated carbocycles. The number of hydrogen-bond donors (Lipinski definition) is 2. The molecule has 92 valence electrons. The van der Waals surface area contributed by atoms with Crippen LogP contribution in [-0.2, 0) is 0 Å². The van der Waals surface area contributed by atoms with Crippen LogP contribution >= 0.6 is 24.0 Å². The molecule has 0 unspecified atom stereocenters. The van der Waals surface area contributed by atoms with Crippen molar-refractivity contribution in [3.05, 3.63) is 0 Å². The lowest BCUT2D eigenvalue weighted by atomic mass is 10.1. The summed E-state index contributed by atoms with van der Waals surface area (Å²) in [6.07, 6.45) is 4.08. The highest BCUT2D eigenvalue weighted by atomic mass is 127. The van der Waals surface area contributed by atoms with Gasteiger partial charge in [0, 0.05) is 0 Å². The van der Waals surface area contributed by atoms with Gasteiger partial charge in [-0.2, -0.15) is 0 Å². The Kier molecular flexibility index (Phi) is 10.6. The van der Waals surface area contributed by atoms with Crippen LogP contribution in [0, 0.1) is 0 Å². The van der Waals surface area contributed by atoms with Gasteiger partial charge < -0.3 is 39.9 Å². The molecule has 0 aromatic heterocycles. The smallest absolute Gasteiger partial charge is 0.186 e. The van der Waals surface area contributed by atoms with E-state index in [1.54, 1.807) is 0 Å². The summed E-state index contributed by atoms with van der Waals surface area (Å²) in [7, 11) is 2.29. The molecule has 4 nitrogen and oxygen atoms in total. The highest BCUT2D eigenvalue weighted by Crippen LogP contribution is 2.15. The standard InChI is InChI=1S/C9H21N4.2HI/c1-13(6-3-2-4-7-13)8-5-12-9(10)11;;/h2-8H2,1H3,(H4,10,11,12);2*1H/q+1;;/p-1. The molecule has 1 fully saturated rings. The highest BCUT2D eigenvalue weighted by molar-refractivity contribution is 14.0. The molecule has 0 amide bonds. The van der Waals surface area contributed by atoms with Gasteiger partial charge in [0.2, 0.25) is 0 Å². The fraction of sp³-hybridized carbons (Fsp3) is 0.889. The van der Waals surface area contributed by atoms with E-state index in [1.165, 1.54) is 32.4 Å². The van der Waals surface area contributed by atoms with Crippen molar-refractivity contribution in [2.75, 3.05) is 33.2 Å². The molecule has 0 aromatic carbocycles. The fourth-order valence-electron chi connectivity index (χ4n) is 1.92. The van der Waals surface area contributed by atoms with Crippen LogP contribution in [0.2, 0.25) is 0 Å². The van der Waals surface area contributed by atoms with Crippen LogP contribution in [-0.4, -0.2) is 43.7 Å². The van der Waals surface area contributed by atoms with E-state index in [1.807, 2.05) is 0 Å². The van der Waals surface area contributed by atoms with E-state index in [-0.39, 0.29) is 53.9 Å². The van der Waals surface area contributed by atoms with Gasteiger partial charge in [0.25, 0.3) is 0 Å². The van der Waals surface area contributed by atoms with Crippen LogP contribution in [0.1, 0.15) is 19.3 Å². The van der Waals surface area contributed by atoms with Crippen LogP contribution in [0.5, 0.6) is 0 Å². The molecule has 1 aliphatic rings. The quantitative estimate of drug-likeness (QED) is 0.221. The Balaban J connectivity index is 0. The molecule has 0 bridgehead atoms. The van der Waals surface area contributed by atoms with Crippen molar-refractivity contribution in [3.8, 4) is 0 Å². The van der Waals surface area contributed by atoms with Gasteiger partial charge in [-0.3, -0.25) is 0 Å². The molecule has 4 N–H and O–H groups in total. The second-order valence-corrected chi connectivity index (χ2v) is 4.16. The van der Waals surface area contributed by atoms with Gasteiger partial charge >= 0.3 is 0 Å². The average Bonchev–Trinajstić information content (AvgIpc) is 2.04. The number of likely N-dealkylation sites (N-methyl/N-ethyl adjacent to an activating group) is 1. The number of hydrogen-bond acceptors (Lipinski definition) is 1. The number of guanidine groups is 1. The molecule has 6 heteroatoms. The van der Waals surface area contributed by atoms with Crippen LogP contribution in [0.25, 0.3) is 0 Å². The molecule has 0 aromatic rings. The first-order valence-electron chi connectivity index (χ1n) is 5.01. The van der Waals surface area contributed by atoms with Crippen molar-refractivity contribution in [2.24, 2.45) is 16.5 Å². The number of nitrogens with zero attached hydrogens (tertiary/aromatic N) is 2. The Morgan fingerprint density at radius 1 is 1.20 bits per heavy atom. The van der Waals surface area contributed by atoms with Crippen molar-refractivity contribution in [2.45, 2.75) is 19.3 Å². The lowest BCUT2D eigenvalue weighted by Crippen LogP contribution is -3.00. The average molecular weight is 440 g/mol. The Hall–Kier alpha value is 0.690. The molecule has 0 atom stereocenters. The molecule has 1 aliphatic heterocycles. The summed E-state index contributed by atoms with van der Waals surface area (Å²) in [5, 5.41) is 0. The predicted octanol–water partition coefficient (Wildman–Crippen LogP) is -2.49. The predicted molar refractivity (Wildman–Crippen MR) is 70.7 cm³/mol. The van der Waals surface area contributed by atoms with Crippen LogP contribution in [0.4, 0.5) is 0 Å². The van der Waals surface area contributed by atoms with E-state index in [4.69, 9.17) is 11.5 Å². The Bertz CT molecular complexity index is 187. The minimum absolute atomic E-state index is 0. The van der Waals surface area contributed by atoms with Gasteiger partial charge in [-0.15, -0.1) is 24.0 Å². The highest BCUT2D eigenvalue weighted by Gasteiger charge is 2.23. The number of aliphatic imine (C=N–C) groups is 1. The molecule has 1 rings (SSSR count). The Labute approximate surface area is 126 Å². The number of halogens is 2. The lowest BCUT2D eigenvalue weighted by molar-refractivity contribution is -0.912. The maximum Gasteiger partial charge on any atom is 0.186 e. The van der Waals surface area contributed by atoms with Gasteiger partial charge in [-0.25, -0.2) is 4.99 Å². The van der Waals surface area contributed by atoms with E-state index >= 15 is 0 Å². The van der Waals surface area contributed by atoms with Gasteiger partial charge in [0.05, 0.1) is 33.2 Å². The van der Waals surface area contributed by atoms with Crippen molar-refractivity contribution >= 4 is 29.9 Å². The van der Waals surface area contributed by atoms with Crippen LogP contribution < -0.4 is 35.4 Å². The normalized spacial score (nSPS) is 18.2. The molecular formula is C9H22I2N4. The van der Waals surface area contributed by atoms with Gasteiger partial charge in [0.1, 0.15) is 0 Å². The maximum absolute atomic E-state index is 5.27. The molecule has 15 heavy (non-hydrogen) atoms. The number of piperidine rings is 1. The summed E-state index contributed by atoms with van der Waals surface area (Å²) in [5.74, 6) is 0.212. The van der Waals surface area contributed by atoms with E-state index in [0.29, 0.717) is 0 Å². The van der Waals surface area contributed by atoms with Crippen molar-refractivity contribution < 1.29 is 28.5 Å². The monoisotopic (exact) mass is 440 g/mol. The fourth-order valence-corrected chi connectivity index (χ4v) is 1.92. The Morgan fingerprint density at radius 3 is 2.20 bits per heavy atom. The third-order valence-electron chi connectivity index (χ3n) is 2.83. The Morgan fingerprint density at radius 2 is 1.73 bits per heavy atom. The number of quaternary nitrogens is 1. The second kappa shape index (κ2) is 8.80. The molecule has 1 saturated heterocycles. The van der Waals surface area contributed by atoms with Crippen molar-refractivity contribution in [1.29, 1.82) is 0 Å². The summed E-state index contributed by atoms with van der Waals surface area (Å²) in [6, 6.07) is 0. The lowest BCUT2D eigenvalue weighted by Gasteiger charge is -2.37. The van der Waals surface area contributed by atoms with E-state index in [9.17, 15) is 0 Å². The first-order valence-corrected chi connectivity index (χ1v) is 5.01. The molecular weight excluding hydrogens is 418 g/mol. The summed E-state index contributed by atoms with van der Waals surface area (Å²) < 4.78 is 1.14. The van der Waals surface area contributed by atoms with Gasteiger partial charge in [-0.05, 0) is 19.3 Å². The summed E-state index contributed by atoms with van der Waals surface area (Å²) >= 11 is 0. The first-order chi connectivity index (χ1) is 6.12. The van der Waals surface area contributed by atoms with Crippen LogP contribution in [0.15, 0.2) is 4.99 Å². The third-order valence-corrected chi connectivity index (χ3v) is 2.83. The maximum atomic E-state index is 5.27. The topological polar surface area (TPSA) is 64.4 Å². The van der Waals surface area contributed by atoms with Gasteiger partial charge in [-0.1, -0.05) is 0 Å². The van der Waals surface area contributed by atoms with Gasteiger partial charge in [0.15, 0.2) is 5.96 Å². The van der Waals surface area contributed by atoms with Crippen molar-refractivity contribution in [3.63, 3.8) is 0 Å². The third kappa shape index (κ3) is 7.56. The molecule has 0 spiro atoms. The summed E-state index contributed by atoms with van der Waals surface area (Å²) in [5.41, 5.74) is 10.5. The second-order valence-electron chi connectivity index (χ2n) is 4.16. The zero-order chi connectivity index (χ0) is 9.73. The molecule has 1 heterocycles. The molecule has 0 aliphatic carbocycles. The number of nitrogens with two attached hydrogens (primary N) is 2. The molecule has 0 radical (unpaired) electrons. The van der Waals surface area contributed by atoms with E-state index < -0.39 is 0 Å².